The van der Waals surface area contributed by atoms with Crippen molar-refractivity contribution in [2.75, 3.05) is 0 Å². The molecule has 4 heteroatoms. The Hall–Kier alpha value is -1.32. The minimum Gasteiger partial charge on any atom is -0.478 e. The third kappa shape index (κ3) is 2.26. The molecule has 2 fully saturated rings. The summed E-state index contributed by atoms with van der Waals surface area (Å²) in [6.45, 7) is 3.53. The number of carboxylic acid groups (broad SMARTS) is 1. The van der Waals surface area contributed by atoms with Gasteiger partial charge in [0.2, 0.25) is 0 Å². The maximum Gasteiger partial charge on any atom is 0.330 e. The lowest BCUT2D eigenvalue weighted by Gasteiger charge is -2.39. The Morgan fingerprint density at radius 1 is 1.50 bits per heavy atom. The van der Waals surface area contributed by atoms with Crippen molar-refractivity contribution in [3.05, 3.63) is 12.2 Å². The van der Waals surface area contributed by atoms with E-state index < -0.39 is 5.97 Å². The van der Waals surface area contributed by atoms with E-state index in [1.54, 1.807) is 0 Å². The van der Waals surface area contributed by atoms with Gasteiger partial charge in [-0.05, 0) is 31.6 Å². The molecule has 1 aliphatic heterocycles. The highest BCUT2D eigenvalue weighted by Crippen LogP contribution is 2.39. The predicted octanol–water partition coefficient (Wildman–Crippen LogP) is 1.75. The van der Waals surface area contributed by atoms with Gasteiger partial charge in [-0.2, -0.15) is 0 Å². The summed E-state index contributed by atoms with van der Waals surface area (Å²) in [7, 11) is 0. The number of rotatable bonds is 3. The molecule has 0 aromatic carbocycles. The first kappa shape index (κ1) is 11.2. The van der Waals surface area contributed by atoms with Crippen LogP contribution in [0.1, 0.15) is 32.1 Å². The highest BCUT2D eigenvalue weighted by Gasteiger charge is 2.38. The van der Waals surface area contributed by atoms with E-state index in [2.05, 4.69) is 6.58 Å². The highest BCUT2D eigenvalue weighted by atomic mass is 16.5. The fraction of sp³-hybridized carbons (Fsp3) is 0.667. The lowest BCUT2D eigenvalue weighted by Crippen LogP contribution is -2.39. The van der Waals surface area contributed by atoms with Gasteiger partial charge in [-0.3, -0.25) is 4.79 Å². The summed E-state index contributed by atoms with van der Waals surface area (Å²) in [5.74, 6) is -0.499. The molecule has 1 N–H and O–H groups in total. The molecule has 2 bridgehead atoms. The molecule has 2 rings (SSSR count). The quantitative estimate of drug-likeness (QED) is 0.586. The molecule has 3 atom stereocenters. The van der Waals surface area contributed by atoms with E-state index >= 15 is 0 Å². The molecule has 1 saturated carbocycles. The third-order valence-corrected chi connectivity index (χ3v) is 3.59. The Kier molecular flexibility index (Phi) is 2.99. The second kappa shape index (κ2) is 4.28. The summed E-state index contributed by atoms with van der Waals surface area (Å²) in [6, 6.07) is 0. The molecule has 4 nitrogen and oxygen atoms in total. The molecule has 0 spiro atoms. The molecule has 3 unspecified atom stereocenters. The molecule has 1 saturated heterocycles. The Morgan fingerprint density at radius 3 is 2.94 bits per heavy atom. The number of carboxylic acids is 1. The van der Waals surface area contributed by atoms with Crippen LogP contribution in [0.5, 0.6) is 0 Å². The smallest absolute Gasteiger partial charge is 0.330 e. The Morgan fingerprint density at radius 2 is 2.25 bits per heavy atom. The maximum absolute atomic E-state index is 11.3. The topological polar surface area (TPSA) is 63.6 Å². The zero-order chi connectivity index (χ0) is 11.7. The Labute approximate surface area is 94.3 Å². The monoisotopic (exact) mass is 224 g/mol. The average molecular weight is 224 g/mol. The van der Waals surface area contributed by atoms with Crippen molar-refractivity contribution in [3.8, 4) is 0 Å². The van der Waals surface area contributed by atoms with E-state index in [4.69, 9.17) is 9.84 Å². The van der Waals surface area contributed by atoms with Crippen LogP contribution in [0.25, 0.3) is 0 Å². The number of esters is 1. The van der Waals surface area contributed by atoms with Crippen molar-refractivity contribution < 1.29 is 19.4 Å². The fourth-order valence-corrected chi connectivity index (χ4v) is 2.69. The van der Waals surface area contributed by atoms with Gasteiger partial charge in [0, 0.05) is 17.9 Å². The fourth-order valence-electron chi connectivity index (χ4n) is 2.69. The largest absolute Gasteiger partial charge is 0.478 e. The number of hydrogen-bond acceptors (Lipinski definition) is 3. The summed E-state index contributed by atoms with van der Waals surface area (Å²) < 4.78 is 5.28. The zero-order valence-electron chi connectivity index (χ0n) is 9.15. The van der Waals surface area contributed by atoms with Crippen LogP contribution in [0.2, 0.25) is 0 Å². The lowest BCUT2D eigenvalue weighted by atomic mass is 9.74. The van der Waals surface area contributed by atoms with E-state index in [0.717, 1.165) is 19.3 Å². The summed E-state index contributed by atoms with van der Waals surface area (Å²) in [5, 5.41) is 8.78. The first-order valence-corrected chi connectivity index (χ1v) is 5.67. The van der Waals surface area contributed by atoms with Crippen LogP contribution >= 0.6 is 0 Å². The van der Waals surface area contributed by atoms with Crippen LogP contribution in [0.4, 0.5) is 0 Å². The van der Waals surface area contributed by atoms with E-state index in [1.807, 2.05) is 0 Å². The number of carbonyl (C=O) groups is 2. The van der Waals surface area contributed by atoms with Crippen molar-refractivity contribution in [3.63, 3.8) is 0 Å². The van der Waals surface area contributed by atoms with Gasteiger partial charge in [0.1, 0.15) is 6.10 Å². The summed E-state index contributed by atoms with van der Waals surface area (Å²) in [4.78, 5) is 22.0. The molecule has 1 heterocycles. The molecule has 0 aromatic heterocycles. The van der Waals surface area contributed by atoms with E-state index in [0.29, 0.717) is 18.8 Å². The number of fused-ring (bicyclic) bond motifs is 2. The van der Waals surface area contributed by atoms with Crippen LogP contribution in [-0.2, 0) is 14.3 Å². The molecular formula is C12H16O4. The van der Waals surface area contributed by atoms with Crippen molar-refractivity contribution in [2.24, 2.45) is 11.8 Å². The first-order chi connectivity index (χ1) is 7.56. The van der Waals surface area contributed by atoms with Crippen LogP contribution in [0.3, 0.4) is 0 Å². The van der Waals surface area contributed by atoms with Gasteiger partial charge in [0.15, 0.2) is 0 Å². The molecule has 1 aliphatic carbocycles. The van der Waals surface area contributed by atoms with Crippen LogP contribution in [0, 0.1) is 11.8 Å². The van der Waals surface area contributed by atoms with E-state index in [-0.39, 0.29) is 23.6 Å². The number of carbonyl (C=O) groups excluding carboxylic acids is 1. The number of aliphatic carboxylic acids is 1. The normalized spacial score (nSPS) is 33.0. The van der Waals surface area contributed by atoms with Crippen molar-refractivity contribution in [1.29, 1.82) is 0 Å². The molecule has 2 aliphatic rings. The van der Waals surface area contributed by atoms with Gasteiger partial charge in [0.25, 0.3) is 0 Å². The summed E-state index contributed by atoms with van der Waals surface area (Å²) >= 11 is 0. The standard InChI is InChI=1S/C12H16O4/c1-7(12(14)15)4-9-3-2-8-5-10(9)16-11(13)6-8/h8-10H,1-6H2,(H,14,15). The summed E-state index contributed by atoms with van der Waals surface area (Å²) in [5.41, 5.74) is 0.213. The van der Waals surface area contributed by atoms with Crippen molar-refractivity contribution >= 4 is 11.9 Å². The van der Waals surface area contributed by atoms with Crippen molar-refractivity contribution in [1.82, 2.24) is 0 Å². The van der Waals surface area contributed by atoms with Crippen LogP contribution in [-0.4, -0.2) is 23.1 Å². The SMILES string of the molecule is C=C(CC1CCC2CC(=O)OC1C2)C(=O)O. The molecular weight excluding hydrogens is 208 g/mol. The van der Waals surface area contributed by atoms with Gasteiger partial charge >= 0.3 is 11.9 Å². The van der Waals surface area contributed by atoms with Gasteiger partial charge in [-0.1, -0.05) is 6.58 Å². The van der Waals surface area contributed by atoms with Crippen LogP contribution in [0.15, 0.2) is 12.2 Å². The predicted molar refractivity (Wildman–Crippen MR) is 56.7 cm³/mol. The van der Waals surface area contributed by atoms with Crippen molar-refractivity contribution in [2.45, 2.75) is 38.2 Å². The summed E-state index contributed by atoms with van der Waals surface area (Å²) in [6.07, 6.45) is 3.71. The van der Waals surface area contributed by atoms with Gasteiger partial charge in [-0.25, -0.2) is 4.79 Å². The van der Waals surface area contributed by atoms with Gasteiger partial charge in [0.05, 0.1) is 0 Å². The first-order valence-electron chi connectivity index (χ1n) is 5.67. The average Bonchev–Trinajstić information content (AvgIpc) is 2.21. The molecule has 0 radical (unpaired) electrons. The lowest BCUT2D eigenvalue weighted by molar-refractivity contribution is -0.164. The minimum absolute atomic E-state index is 0.0869. The molecule has 0 amide bonds. The minimum atomic E-state index is -0.954. The van der Waals surface area contributed by atoms with E-state index in [1.165, 1.54) is 0 Å². The molecule has 88 valence electrons. The zero-order valence-corrected chi connectivity index (χ0v) is 9.15. The van der Waals surface area contributed by atoms with E-state index in [9.17, 15) is 9.59 Å². The number of hydrogen-bond donors (Lipinski definition) is 1. The Bertz CT molecular complexity index is 334. The number of ether oxygens (including phenoxy) is 1. The second-order valence-electron chi connectivity index (χ2n) is 4.78. The van der Waals surface area contributed by atoms with Gasteiger partial charge < -0.3 is 9.84 Å². The Balaban J connectivity index is 1.98. The highest BCUT2D eigenvalue weighted by molar-refractivity contribution is 5.85. The van der Waals surface area contributed by atoms with Gasteiger partial charge in [-0.15, -0.1) is 0 Å². The van der Waals surface area contributed by atoms with Crippen LogP contribution < -0.4 is 0 Å². The second-order valence-corrected chi connectivity index (χ2v) is 4.78. The molecule has 0 aromatic rings. The maximum atomic E-state index is 11.3. The third-order valence-electron chi connectivity index (χ3n) is 3.59. The molecule has 16 heavy (non-hydrogen) atoms.